The monoisotopic (exact) mass is 274 g/mol. The number of fused-ring (bicyclic) bond motifs is 1. The molecule has 0 radical (unpaired) electrons. The van der Waals surface area contributed by atoms with E-state index in [-0.39, 0.29) is 0 Å². The van der Waals surface area contributed by atoms with Crippen molar-refractivity contribution in [1.29, 1.82) is 0 Å². The second-order valence-electron chi connectivity index (χ2n) is 5.65. The fourth-order valence-electron chi connectivity index (χ4n) is 2.79. The lowest BCUT2D eigenvalue weighted by molar-refractivity contribution is 0.222. The van der Waals surface area contributed by atoms with Crippen molar-refractivity contribution in [3.05, 3.63) is 18.2 Å². The lowest BCUT2D eigenvalue weighted by Gasteiger charge is -2.29. The smallest absolute Gasteiger partial charge is 0.295 e. The first kappa shape index (κ1) is 13.2. The van der Waals surface area contributed by atoms with Gasteiger partial charge in [-0.1, -0.05) is 6.42 Å². The molecule has 1 unspecified atom stereocenters. The minimum absolute atomic E-state index is 0.318. The van der Waals surface area contributed by atoms with E-state index in [0.717, 1.165) is 17.6 Å². The Balaban J connectivity index is 1.63. The number of nitrogens with zero attached hydrogens (tertiary/aromatic N) is 2. The number of hydrogen-bond donors (Lipinski definition) is 2. The first-order valence-electron chi connectivity index (χ1n) is 7.36. The third kappa shape index (κ3) is 3.04. The number of oxazole rings is 1. The summed E-state index contributed by atoms with van der Waals surface area (Å²) in [7, 11) is 0. The highest BCUT2D eigenvalue weighted by Crippen LogP contribution is 2.21. The van der Waals surface area contributed by atoms with Crippen LogP contribution in [0.25, 0.3) is 11.1 Å². The van der Waals surface area contributed by atoms with Crippen LogP contribution in [0.15, 0.2) is 22.6 Å². The Kier molecular flexibility index (Phi) is 3.78. The van der Waals surface area contributed by atoms with Crippen LogP contribution in [-0.2, 0) is 0 Å². The van der Waals surface area contributed by atoms with E-state index < -0.39 is 0 Å². The molecule has 1 aromatic carbocycles. The number of rotatable bonds is 4. The molecule has 5 heteroatoms. The first-order chi connectivity index (χ1) is 9.70. The largest absolute Gasteiger partial charge is 0.424 e. The molecule has 2 aromatic rings. The van der Waals surface area contributed by atoms with Crippen molar-refractivity contribution in [2.75, 3.05) is 30.7 Å². The van der Waals surface area contributed by atoms with Gasteiger partial charge in [0.1, 0.15) is 5.52 Å². The molecule has 0 amide bonds. The van der Waals surface area contributed by atoms with Crippen LogP contribution in [0.3, 0.4) is 0 Å². The zero-order valence-electron chi connectivity index (χ0n) is 11.9. The molecule has 3 rings (SSSR count). The minimum atomic E-state index is 0.318. The van der Waals surface area contributed by atoms with Gasteiger partial charge in [-0.3, -0.25) is 0 Å². The lowest BCUT2D eigenvalue weighted by atomic mass is 10.1. The molecule has 0 bridgehead atoms. The van der Waals surface area contributed by atoms with E-state index in [1.54, 1.807) is 0 Å². The fourth-order valence-corrected chi connectivity index (χ4v) is 2.79. The predicted octanol–water partition coefficient (Wildman–Crippen LogP) is 2.70. The first-order valence-corrected chi connectivity index (χ1v) is 7.36. The topological polar surface area (TPSA) is 67.3 Å². The third-order valence-electron chi connectivity index (χ3n) is 3.76. The van der Waals surface area contributed by atoms with Crippen LogP contribution < -0.4 is 11.1 Å². The van der Waals surface area contributed by atoms with Crippen molar-refractivity contribution in [3.8, 4) is 0 Å². The molecule has 0 saturated carbocycles. The highest BCUT2D eigenvalue weighted by molar-refractivity contribution is 5.78. The molecule has 20 heavy (non-hydrogen) atoms. The summed E-state index contributed by atoms with van der Waals surface area (Å²) in [5.74, 6) is 0. The van der Waals surface area contributed by atoms with Crippen molar-refractivity contribution in [2.45, 2.75) is 32.2 Å². The number of aromatic nitrogens is 1. The number of likely N-dealkylation sites (tertiary alicyclic amines) is 1. The Bertz CT molecular complexity index is 574. The summed E-state index contributed by atoms with van der Waals surface area (Å²) in [6.07, 6.45) is 3.99. The molecule has 1 atom stereocenters. The number of benzene rings is 1. The molecule has 1 fully saturated rings. The number of nitrogens with one attached hydrogen (secondary N) is 1. The van der Waals surface area contributed by atoms with Crippen LogP contribution in [-0.4, -0.2) is 35.6 Å². The van der Waals surface area contributed by atoms with Gasteiger partial charge in [-0.15, -0.1) is 0 Å². The maximum Gasteiger partial charge on any atom is 0.295 e. The average Bonchev–Trinajstić information content (AvgIpc) is 2.80. The predicted molar refractivity (Wildman–Crippen MR) is 81.8 cm³/mol. The van der Waals surface area contributed by atoms with Crippen molar-refractivity contribution >= 4 is 22.8 Å². The molecule has 0 spiro atoms. The van der Waals surface area contributed by atoms with Crippen molar-refractivity contribution < 1.29 is 4.42 Å². The van der Waals surface area contributed by atoms with Gasteiger partial charge in [0, 0.05) is 18.3 Å². The molecule has 5 nitrogen and oxygen atoms in total. The van der Waals surface area contributed by atoms with Gasteiger partial charge in [-0.25, -0.2) is 0 Å². The van der Waals surface area contributed by atoms with Gasteiger partial charge in [0.2, 0.25) is 0 Å². The number of piperidine rings is 1. The summed E-state index contributed by atoms with van der Waals surface area (Å²) in [4.78, 5) is 6.93. The normalized spacial score (nSPS) is 18.2. The molecule has 108 valence electrons. The standard InChI is InChI=1S/C15H22N4O/c1-11(10-19-7-3-2-4-8-19)17-15-18-13-9-12(16)5-6-14(13)20-15/h5-6,9,11H,2-4,7-8,10,16H2,1H3,(H,17,18). The summed E-state index contributed by atoms with van der Waals surface area (Å²) in [6.45, 7) is 5.60. The molecular weight excluding hydrogens is 252 g/mol. The Morgan fingerprint density at radius 2 is 2.15 bits per heavy atom. The van der Waals surface area contributed by atoms with E-state index >= 15 is 0 Å². The zero-order valence-corrected chi connectivity index (χ0v) is 11.9. The quantitative estimate of drug-likeness (QED) is 0.839. The van der Waals surface area contributed by atoms with Gasteiger partial charge in [0.05, 0.1) is 0 Å². The Morgan fingerprint density at radius 1 is 1.35 bits per heavy atom. The molecule has 0 aliphatic carbocycles. The van der Waals surface area contributed by atoms with E-state index in [9.17, 15) is 0 Å². The van der Waals surface area contributed by atoms with E-state index in [1.165, 1.54) is 32.4 Å². The van der Waals surface area contributed by atoms with Crippen LogP contribution in [0, 0.1) is 0 Å². The zero-order chi connectivity index (χ0) is 13.9. The number of anilines is 2. The lowest BCUT2D eigenvalue weighted by Crippen LogP contribution is -2.38. The third-order valence-corrected chi connectivity index (χ3v) is 3.76. The van der Waals surface area contributed by atoms with Crippen molar-refractivity contribution in [1.82, 2.24) is 9.88 Å². The van der Waals surface area contributed by atoms with Crippen LogP contribution in [0.4, 0.5) is 11.7 Å². The van der Waals surface area contributed by atoms with Gasteiger partial charge in [-0.05, 0) is 51.1 Å². The van der Waals surface area contributed by atoms with E-state index in [2.05, 4.69) is 22.1 Å². The van der Waals surface area contributed by atoms with Crippen LogP contribution in [0.5, 0.6) is 0 Å². The van der Waals surface area contributed by atoms with Crippen molar-refractivity contribution in [3.63, 3.8) is 0 Å². The van der Waals surface area contributed by atoms with Crippen LogP contribution in [0.2, 0.25) is 0 Å². The second-order valence-corrected chi connectivity index (χ2v) is 5.65. The van der Waals surface area contributed by atoms with Gasteiger partial charge in [0.25, 0.3) is 6.01 Å². The number of hydrogen-bond acceptors (Lipinski definition) is 5. The van der Waals surface area contributed by atoms with E-state index in [4.69, 9.17) is 10.2 Å². The summed E-state index contributed by atoms with van der Waals surface area (Å²) in [5.41, 5.74) is 8.03. The Labute approximate surface area is 119 Å². The summed E-state index contributed by atoms with van der Waals surface area (Å²) < 4.78 is 5.69. The Hall–Kier alpha value is -1.75. The molecular formula is C15H22N4O. The summed E-state index contributed by atoms with van der Waals surface area (Å²) in [5, 5.41) is 3.34. The summed E-state index contributed by atoms with van der Waals surface area (Å²) >= 11 is 0. The van der Waals surface area contributed by atoms with Crippen molar-refractivity contribution in [2.24, 2.45) is 0 Å². The van der Waals surface area contributed by atoms with Crippen LogP contribution in [0.1, 0.15) is 26.2 Å². The van der Waals surface area contributed by atoms with Gasteiger partial charge < -0.3 is 20.4 Å². The minimum Gasteiger partial charge on any atom is -0.424 e. The number of nitrogens with two attached hydrogens (primary N) is 1. The van der Waals surface area contributed by atoms with Crippen LogP contribution >= 0.6 is 0 Å². The SMILES string of the molecule is CC(CN1CCCCC1)Nc1nc2cc(N)ccc2o1. The van der Waals surface area contributed by atoms with Gasteiger partial charge in [0.15, 0.2) is 5.58 Å². The number of nitrogen functional groups attached to an aromatic ring is 1. The molecule has 1 aliphatic heterocycles. The second kappa shape index (κ2) is 5.71. The highest BCUT2D eigenvalue weighted by atomic mass is 16.4. The maximum atomic E-state index is 5.75. The molecule has 1 aliphatic rings. The Morgan fingerprint density at radius 3 is 2.95 bits per heavy atom. The molecule has 3 N–H and O–H groups in total. The molecule has 1 aromatic heterocycles. The average molecular weight is 274 g/mol. The van der Waals surface area contributed by atoms with E-state index in [1.807, 2.05) is 18.2 Å². The van der Waals surface area contributed by atoms with Gasteiger partial charge in [-0.2, -0.15) is 4.98 Å². The van der Waals surface area contributed by atoms with E-state index in [0.29, 0.717) is 17.7 Å². The fraction of sp³-hybridized carbons (Fsp3) is 0.533. The maximum absolute atomic E-state index is 5.75. The summed E-state index contributed by atoms with van der Waals surface area (Å²) in [6, 6.07) is 6.42. The molecule has 2 heterocycles. The van der Waals surface area contributed by atoms with Gasteiger partial charge >= 0.3 is 0 Å². The highest BCUT2D eigenvalue weighted by Gasteiger charge is 2.15. The molecule has 1 saturated heterocycles.